The summed E-state index contributed by atoms with van der Waals surface area (Å²) in [4.78, 5) is 29.1. The van der Waals surface area contributed by atoms with Gasteiger partial charge >= 0.3 is 5.97 Å². The fraction of sp³-hybridized carbons (Fsp3) is 0.636. The van der Waals surface area contributed by atoms with Crippen LogP contribution < -0.4 is 0 Å². The molecule has 7 heteroatoms. The minimum Gasteiger partial charge on any atom is -0.465 e. The number of ether oxygens (including phenoxy) is 1. The number of hydrogen-bond acceptors (Lipinski definition) is 5. The Balaban J connectivity index is 2.05. The number of hydrogen-bond donors (Lipinski definition) is 1. The molecule has 18 heavy (non-hydrogen) atoms. The molecule has 1 aromatic heterocycles. The van der Waals surface area contributed by atoms with E-state index in [1.54, 1.807) is 13.8 Å². The van der Waals surface area contributed by atoms with Crippen molar-refractivity contribution in [3.8, 4) is 0 Å². The van der Waals surface area contributed by atoms with Crippen LogP contribution in [0.5, 0.6) is 0 Å². The van der Waals surface area contributed by atoms with E-state index in [9.17, 15) is 9.59 Å². The molecule has 1 N–H and O–H groups in total. The number of aromatic nitrogens is 3. The molecule has 0 radical (unpaired) electrons. The second-order valence-corrected chi connectivity index (χ2v) is 4.21. The lowest BCUT2D eigenvalue weighted by molar-refractivity contribution is -0.144. The first kappa shape index (κ1) is 12.5. The van der Waals surface area contributed by atoms with Gasteiger partial charge in [0, 0.05) is 6.04 Å². The normalized spacial score (nSPS) is 14.3. The summed E-state index contributed by atoms with van der Waals surface area (Å²) in [7, 11) is 0. The topological polar surface area (TPSA) is 88.2 Å². The Kier molecular flexibility index (Phi) is 3.59. The maximum Gasteiger partial charge on any atom is 0.325 e. The van der Waals surface area contributed by atoms with Gasteiger partial charge in [-0.1, -0.05) is 0 Å². The highest BCUT2D eigenvalue weighted by Gasteiger charge is 2.36. The number of esters is 1. The van der Waals surface area contributed by atoms with Gasteiger partial charge in [-0.2, -0.15) is 0 Å². The molecular weight excluding hydrogens is 236 g/mol. The molecule has 98 valence electrons. The van der Waals surface area contributed by atoms with Crippen molar-refractivity contribution in [3.05, 3.63) is 11.6 Å². The van der Waals surface area contributed by atoms with Crippen molar-refractivity contribution in [3.63, 3.8) is 0 Å². The molecule has 1 aliphatic rings. The van der Waals surface area contributed by atoms with Crippen LogP contribution >= 0.6 is 0 Å². The van der Waals surface area contributed by atoms with Crippen LogP contribution in [-0.2, 0) is 9.53 Å². The Hall–Kier alpha value is -1.92. The lowest BCUT2D eigenvalue weighted by Crippen LogP contribution is -2.38. The van der Waals surface area contributed by atoms with Crippen LogP contribution in [0.3, 0.4) is 0 Å². The predicted molar refractivity (Wildman–Crippen MR) is 61.8 cm³/mol. The maximum absolute atomic E-state index is 12.2. The van der Waals surface area contributed by atoms with Crippen LogP contribution in [0.25, 0.3) is 0 Å². The summed E-state index contributed by atoms with van der Waals surface area (Å²) < 4.78 is 4.86. The highest BCUT2D eigenvalue weighted by Crippen LogP contribution is 2.27. The van der Waals surface area contributed by atoms with Crippen molar-refractivity contribution in [2.24, 2.45) is 0 Å². The molecule has 0 atom stereocenters. The zero-order valence-corrected chi connectivity index (χ0v) is 10.5. The Morgan fingerprint density at radius 2 is 2.22 bits per heavy atom. The molecule has 1 heterocycles. The molecule has 0 aromatic carbocycles. The fourth-order valence-corrected chi connectivity index (χ4v) is 1.67. The summed E-state index contributed by atoms with van der Waals surface area (Å²) in [5, 5.41) is 6.44. The van der Waals surface area contributed by atoms with Crippen molar-refractivity contribution in [2.45, 2.75) is 32.7 Å². The van der Waals surface area contributed by atoms with Crippen LogP contribution in [0, 0.1) is 6.92 Å². The first-order valence-electron chi connectivity index (χ1n) is 5.97. The SMILES string of the molecule is CCOC(=O)CN(C(=O)c1n[nH]c(C)n1)C1CC1. The number of aryl methyl sites for hydroxylation is 1. The van der Waals surface area contributed by atoms with E-state index < -0.39 is 5.97 Å². The summed E-state index contributed by atoms with van der Waals surface area (Å²) in [6.45, 7) is 3.73. The Morgan fingerprint density at radius 3 is 2.72 bits per heavy atom. The molecule has 0 aliphatic heterocycles. The zero-order valence-electron chi connectivity index (χ0n) is 10.5. The number of H-pyrrole nitrogens is 1. The van der Waals surface area contributed by atoms with Gasteiger partial charge in [0.05, 0.1) is 6.61 Å². The predicted octanol–water partition coefficient (Wildman–Crippen LogP) is 0.281. The van der Waals surface area contributed by atoms with Gasteiger partial charge in [0.25, 0.3) is 5.91 Å². The molecule has 1 amide bonds. The van der Waals surface area contributed by atoms with E-state index >= 15 is 0 Å². The van der Waals surface area contributed by atoms with Crippen molar-refractivity contribution >= 4 is 11.9 Å². The summed E-state index contributed by atoms with van der Waals surface area (Å²) in [5.41, 5.74) is 0. The van der Waals surface area contributed by atoms with Gasteiger partial charge in [0.2, 0.25) is 5.82 Å². The molecule has 0 unspecified atom stereocenters. The second-order valence-electron chi connectivity index (χ2n) is 4.21. The van der Waals surface area contributed by atoms with E-state index in [1.807, 2.05) is 0 Å². The van der Waals surface area contributed by atoms with Crippen molar-refractivity contribution < 1.29 is 14.3 Å². The molecule has 1 saturated carbocycles. The van der Waals surface area contributed by atoms with Gasteiger partial charge in [-0.25, -0.2) is 4.98 Å². The number of rotatable bonds is 5. The quantitative estimate of drug-likeness (QED) is 0.760. The minimum absolute atomic E-state index is 0.0368. The molecule has 0 bridgehead atoms. The third-order valence-corrected chi connectivity index (χ3v) is 2.64. The van der Waals surface area contributed by atoms with E-state index in [0.717, 1.165) is 12.8 Å². The average Bonchev–Trinajstić information content (AvgIpc) is 3.08. The third kappa shape index (κ3) is 2.85. The molecule has 7 nitrogen and oxygen atoms in total. The number of nitrogens with one attached hydrogen (secondary N) is 1. The molecule has 1 fully saturated rings. The van der Waals surface area contributed by atoms with Crippen LogP contribution in [0.15, 0.2) is 0 Å². The lowest BCUT2D eigenvalue weighted by atomic mass is 10.4. The smallest absolute Gasteiger partial charge is 0.325 e. The van der Waals surface area contributed by atoms with Crippen LogP contribution in [-0.4, -0.2) is 51.2 Å². The van der Waals surface area contributed by atoms with E-state index in [1.165, 1.54) is 4.90 Å². The summed E-state index contributed by atoms with van der Waals surface area (Å²) in [6, 6.07) is 0.112. The Morgan fingerprint density at radius 1 is 1.50 bits per heavy atom. The Labute approximate surface area is 105 Å². The molecule has 0 saturated heterocycles. The molecule has 2 rings (SSSR count). The molecule has 1 aromatic rings. The fourth-order valence-electron chi connectivity index (χ4n) is 1.67. The highest BCUT2D eigenvalue weighted by molar-refractivity contribution is 5.93. The number of carbonyl (C=O) groups is 2. The van der Waals surface area contributed by atoms with E-state index in [4.69, 9.17) is 4.74 Å². The maximum atomic E-state index is 12.2. The highest BCUT2D eigenvalue weighted by atomic mass is 16.5. The first-order chi connectivity index (χ1) is 8.61. The minimum atomic E-state index is -0.398. The van der Waals surface area contributed by atoms with Gasteiger partial charge in [0.1, 0.15) is 12.4 Å². The van der Waals surface area contributed by atoms with Crippen molar-refractivity contribution in [2.75, 3.05) is 13.2 Å². The van der Waals surface area contributed by atoms with Crippen LogP contribution in [0.1, 0.15) is 36.2 Å². The first-order valence-corrected chi connectivity index (χ1v) is 5.97. The molecule has 1 aliphatic carbocycles. The standard InChI is InChI=1S/C11H16N4O3/c1-3-18-9(16)6-15(8-4-5-8)11(17)10-12-7(2)13-14-10/h8H,3-6H2,1-2H3,(H,12,13,14). The molecule has 0 spiro atoms. The van der Waals surface area contributed by atoms with E-state index in [-0.39, 0.29) is 24.3 Å². The third-order valence-electron chi connectivity index (χ3n) is 2.64. The second kappa shape index (κ2) is 5.16. The largest absolute Gasteiger partial charge is 0.465 e. The Bertz CT molecular complexity index is 453. The van der Waals surface area contributed by atoms with Gasteiger partial charge in [0.15, 0.2) is 0 Å². The van der Waals surface area contributed by atoms with Gasteiger partial charge in [-0.3, -0.25) is 14.7 Å². The number of nitrogens with zero attached hydrogens (tertiary/aromatic N) is 3. The van der Waals surface area contributed by atoms with Crippen LogP contribution in [0.2, 0.25) is 0 Å². The van der Waals surface area contributed by atoms with Crippen molar-refractivity contribution in [1.82, 2.24) is 20.1 Å². The van der Waals surface area contributed by atoms with Gasteiger partial charge in [-0.15, -0.1) is 5.10 Å². The van der Waals surface area contributed by atoms with Crippen molar-refractivity contribution in [1.29, 1.82) is 0 Å². The summed E-state index contributed by atoms with van der Waals surface area (Å²) in [6.07, 6.45) is 1.82. The zero-order chi connectivity index (χ0) is 13.1. The number of amides is 1. The van der Waals surface area contributed by atoms with Crippen LogP contribution in [0.4, 0.5) is 0 Å². The van der Waals surface area contributed by atoms with E-state index in [2.05, 4.69) is 15.2 Å². The molecular formula is C11H16N4O3. The van der Waals surface area contributed by atoms with Gasteiger partial charge in [-0.05, 0) is 26.7 Å². The number of carbonyl (C=O) groups excluding carboxylic acids is 2. The summed E-state index contributed by atoms with van der Waals surface area (Å²) >= 11 is 0. The van der Waals surface area contributed by atoms with E-state index in [0.29, 0.717) is 12.4 Å². The van der Waals surface area contributed by atoms with Gasteiger partial charge < -0.3 is 9.64 Å². The lowest BCUT2D eigenvalue weighted by Gasteiger charge is -2.19. The monoisotopic (exact) mass is 252 g/mol. The summed E-state index contributed by atoms with van der Waals surface area (Å²) in [5.74, 6) is -0.0474. The average molecular weight is 252 g/mol. The number of aromatic amines is 1.